The summed E-state index contributed by atoms with van der Waals surface area (Å²) < 4.78 is 31.0. The summed E-state index contributed by atoms with van der Waals surface area (Å²) in [5.74, 6) is -1.97. The van der Waals surface area contributed by atoms with E-state index >= 15 is 0 Å². The highest BCUT2D eigenvalue weighted by Crippen LogP contribution is 2.13. The van der Waals surface area contributed by atoms with E-state index in [9.17, 15) is 13.6 Å². The van der Waals surface area contributed by atoms with E-state index in [2.05, 4.69) is 10.6 Å². The fourth-order valence-corrected chi connectivity index (χ4v) is 1.95. The Balaban J connectivity index is 1.94. The van der Waals surface area contributed by atoms with Gasteiger partial charge in [-0.25, -0.2) is 13.6 Å². The van der Waals surface area contributed by atoms with Crippen LogP contribution in [0.5, 0.6) is 0 Å². The number of anilines is 1. The van der Waals surface area contributed by atoms with Crippen molar-refractivity contribution in [3.8, 4) is 0 Å². The molecule has 2 aromatic carbocycles. The lowest BCUT2D eigenvalue weighted by Crippen LogP contribution is -2.28. The first kappa shape index (κ1) is 15.9. The molecule has 0 spiro atoms. The van der Waals surface area contributed by atoms with Crippen molar-refractivity contribution in [2.45, 2.75) is 13.2 Å². The van der Waals surface area contributed by atoms with Crippen molar-refractivity contribution in [1.29, 1.82) is 0 Å². The average molecular weight is 306 g/mol. The molecule has 2 aromatic rings. The molecule has 2 rings (SSSR count). The Kier molecular flexibility index (Phi) is 5.43. The van der Waals surface area contributed by atoms with Crippen LogP contribution in [-0.4, -0.2) is 13.1 Å². The number of carbonyl (C=O) groups is 1. The van der Waals surface area contributed by atoms with Crippen molar-refractivity contribution >= 4 is 11.7 Å². The van der Waals surface area contributed by atoms with Gasteiger partial charge in [0.05, 0.1) is 6.61 Å². The van der Waals surface area contributed by atoms with Crippen LogP contribution in [0.2, 0.25) is 0 Å². The molecule has 6 heteroatoms. The number of nitrogens with one attached hydrogen (secondary N) is 2. The van der Waals surface area contributed by atoms with Crippen LogP contribution < -0.4 is 10.6 Å². The molecule has 0 atom stereocenters. The Morgan fingerprint density at radius 1 is 1.09 bits per heavy atom. The van der Waals surface area contributed by atoms with Gasteiger partial charge in [-0.05, 0) is 23.3 Å². The third-order valence-electron chi connectivity index (χ3n) is 3.04. The molecule has 4 nitrogen and oxygen atoms in total. The quantitative estimate of drug-likeness (QED) is 0.889. The molecular weight excluding hydrogens is 290 g/mol. The van der Waals surface area contributed by atoms with Gasteiger partial charge in [-0.3, -0.25) is 0 Å². The van der Waals surface area contributed by atoms with Gasteiger partial charge in [0.2, 0.25) is 0 Å². The van der Waals surface area contributed by atoms with Gasteiger partial charge in [0.1, 0.15) is 0 Å². The maximum absolute atomic E-state index is 13.1. The van der Waals surface area contributed by atoms with Crippen LogP contribution in [0.4, 0.5) is 19.3 Å². The second kappa shape index (κ2) is 7.51. The Morgan fingerprint density at radius 3 is 2.50 bits per heavy atom. The average Bonchev–Trinajstić information content (AvgIpc) is 2.50. The van der Waals surface area contributed by atoms with Crippen LogP contribution in [0.3, 0.4) is 0 Å². The highest BCUT2D eigenvalue weighted by Gasteiger charge is 2.07. The van der Waals surface area contributed by atoms with E-state index in [-0.39, 0.29) is 5.69 Å². The number of halogens is 2. The first-order chi connectivity index (χ1) is 10.6. The Bertz CT molecular complexity index is 662. The number of amides is 2. The molecule has 0 bridgehead atoms. The van der Waals surface area contributed by atoms with Gasteiger partial charge < -0.3 is 15.4 Å². The predicted octanol–water partition coefficient (Wildman–Crippen LogP) is 3.43. The molecule has 0 heterocycles. The van der Waals surface area contributed by atoms with E-state index in [4.69, 9.17) is 4.74 Å². The van der Waals surface area contributed by atoms with Gasteiger partial charge in [0, 0.05) is 25.4 Å². The van der Waals surface area contributed by atoms with Crippen molar-refractivity contribution in [2.75, 3.05) is 12.4 Å². The van der Waals surface area contributed by atoms with Gasteiger partial charge in [-0.1, -0.05) is 24.3 Å². The Hall–Kier alpha value is -2.47. The predicted molar refractivity (Wildman–Crippen MR) is 79.4 cm³/mol. The van der Waals surface area contributed by atoms with E-state index in [1.807, 2.05) is 24.3 Å². The van der Waals surface area contributed by atoms with Crippen molar-refractivity contribution in [3.05, 3.63) is 65.2 Å². The molecule has 0 aromatic heterocycles. The smallest absolute Gasteiger partial charge is 0.319 e. The summed E-state index contributed by atoms with van der Waals surface area (Å²) in [6, 6.07) is 10.2. The van der Waals surface area contributed by atoms with Gasteiger partial charge in [-0.15, -0.1) is 0 Å². The topological polar surface area (TPSA) is 50.4 Å². The van der Waals surface area contributed by atoms with E-state index < -0.39 is 17.7 Å². The van der Waals surface area contributed by atoms with Gasteiger partial charge in [-0.2, -0.15) is 0 Å². The zero-order valence-electron chi connectivity index (χ0n) is 12.0. The number of urea groups is 1. The fourth-order valence-electron chi connectivity index (χ4n) is 1.95. The lowest BCUT2D eigenvalue weighted by molar-refractivity contribution is 0.184. The molecule has 116 valence electrons. The molecule has 0 aliphatic heterocycles. The molecule has 2 N–H and O–H groups in total. The molecule has 0 aliphatic carbocycles. The third kappa shape index (κ3) is 4.26. The van der Waals surface area contributed by atoms with Gasteiger partial charge in [0.15, 0.2) is 11.6 Å². The second-order valence-electron chi connectivity index (χ2n) is 4.64. The number of hydrogen-bond donors (Lipinski definition) is 2. The summed E-state index contributed by atoms with van der Waals surface area (Å²) in [5, 5.41) is 5.10. The maximum Gasteiger partial charge on any atom is 0.319 e. The lowest BCUT2D eigenvalue weighted by Gasteiger charge is -2.11. The van der Waals surface area contributed by atoms with E-state index in [0.717, 1.165) is 23.3 Å². The van der Waals surface area contributed by atoms with Crippen molar-refractivity contribution in [3.63, 3.8) is 0 Å². The van der Waals surface area contributed by atoms with Crippen molar-refractivity contribution in [1.82, 2.24) is 5.32 Å². The van der Waals surface area contributed by atoms with Crippen LogP contribution in [0.25, 0.3) is 0 Å². The van der Waals surface area contributed by atoms with Crippen LogP contribution >= 0.6 is 0 Å². The summed E-state index contributed by atoms with van der Waals surface area (Å²) in [4.78, 5) is 11.8. The van der Waals surface area contributed by atoms with Crippen molar-refractivity contribution < 1.29 is 18.3 Å². The normalized spacial score (nSPS) is 10.3. The van der Waals surface area contributed by atoms with Crippen LogP contribution in [0.15, 0.2) is 42.5 Å². The molecular formula is C16H16F2N2O2. The lowest BCUT2D eigenvalue weighted by atomic mass is 10.1. The fraction of sp³-hybridized carbons (Fsp3) is 0.188. The third-order valence-corrected chi connectivity index (χ3v) is 3.04. The number of rotatable bonds is 5. The first-order valence-electron chi connectivity index (χ1n) is 6.66. The second-order valence-corrected chi connectivity index (χ2v) is 4.64. The Morgan fingerprint density at radius 2 is 1.82 bits per heavy atom. The van der Waals surface area contributed by atoms with E-state index in [1.165, 1.54) is 6.07 Å². The molecule has 0 aliphatic rings. The molecule has 2 amide bonds. The number of hydrogen-bond acceptors (Lipinski definition) is 2. The standard InChI is InChI=1S/C16H16F2N2O2/c1-22-10-12-5-3-2-4-11(12)9-19-16(21)20-13-6-7-14(17)15(18)8-13/h2-8H,9-10H2,1H3,(H2,19,20,21). The maximum atomic E-state index is 13.1. The Labute approximate surface area is 127 Å². The minimum absolute atomic E-state index is 0.182. The summed E-state index contributed by atoms with van der Waals surface area (Å²) in [5.41, 5.74) is 2.07. The zero-order chi connectivity index (χ0) is 15.9. The number of ether oxygens (including phenoxy) is 1. The van der Waals surface area contributed by atoms with Crippen LogP contribution in [0, 0.1) is 11.6 Å². The van der Waals surface area contributed by atoms with Gasteiger partial charge in [0.25, 0.3) is 0 Å². The number of methoxy groups -OCH3 is 1. The summed E-state index contributed by atoms with van der Waals surface area (Å²) in [6.45, 7) is 0.748. The molecule has 0 saturated carbocycles. The summed E-state index contributed by atoms with van der Waals surface area (Å²) in [6.07, 6.45) is 0. The monoisotopic (exact) mass is 306 g/mol. The SMILES string of the molecule is COCc1ccccc1CNC(=O)Nc1ccc(F)c(F)c1. The highest BCUT2D eigenvalue weighted by molar-refractivity contribution is 5.89. The molecule has 0 saturated heterocycles. The van der Waals surface area contributed by atoms with Gasteiger partial charge >= 0.3 is 6.03 Å². The molecule has 0 radical (unpaired) electrons. The molecule has 0 fully saturated rings. The van der Waals surface area contributed by atoms with E-state index in [0.29, 0.717) is 13.2 Å². The summed E-state index contributed by atoms with van der Waals surface area (Å²) >= 11 is 0. The zero-order valence-corrected chi connectivity index (χ0v) is 12.0. The minimum atomic E-state index is -1.01. The number of benzene rings is 2. The van der Waals surface area contributed by atoms with Crippen LogP contribution in [0.1, 0.15) is 11.1 Å². The number of carbonyl (C=O) groups excluding carboxylic acids is 1. The molecule has 22 heavy (non-hydrogen) atoms. The highest BCUT2D eigenvalue weighted by atomic mass is 19.2. The molecule has 0 unspecified atom stereocenters. The van der Waals surface area contributed by atoms with Crippen LogP contribution in [-0.2, 0) is 17.9 Å². The minimum Gasteiger partial charge on any atom is -0.380 e. The van der Waals surface area contributed by atoms with E-state index in [1.54, 1.807) is 7.11 Å². The largest absolute Gasteiger partial charge is 0.380 e. The first-order valence-corrected chi connectivity index (χ1v) is 6.66. The van der Waals surface area contributed by atoms with Crippen molar-refractivity contribution in [2.24, 2.45) is 0 Å². The summed E-state index contributed by atoms with van der Waals surface area (Å²) in [7, 11) is 1.60.